The molecule has 0 amide bonds. The maximum absolute atomic E-state index is 9.41. The number of aryl methyl sites for hydroxylation is 1. The maximum atomic E-state index is 9.41. The van der Waals surface area contributed by atoms with Gasteiger partial charge in [-0.15, -0.1) is 0 Å². The Morgan fingerprint density at radius 1 is 1.07 bits per heavy atom. The van der Waals surface area contributed by atoms with Crippen LogP contribution in [0.4, 0.5) is 0 Å². The molecule has 0 fully saturated rings. The first-order chi connectivity index (χ1) is 6.62. The van der Waals surface area contributed by atoms with Crippen molar-refractivity contribution in [2.45, 2.75) is 33.1 Å². The van der Waals surface area contributed by atoms with Gasteiger partial charge in [0, 0.05) is 0 Å². The quantitative estimate of drug-likeness (QED) is 0.639. The fourth-order valence-corrected chi connectivity index (χ4v) is 2.83. The number of hydrogen-bond donors (Lipinski definition) is 3. The summed E-state index contributed by atoms with van der Waals surface area (Å²) in [6, 6.07) is 5.39. The number of hydrogen-bond acceptors (Lipinski definition) is 3. The Kier molecular flexibility index (Phi) is 3.22. The first kappa shape index (κ1) is 12.6. The summed E-state index contributed by atoms with van der Waals surface area (Å²) in [7, 11) is -4.22. The van der Waals surface area contributed by atoms with Crippen molar-refractivity contribution in [2.75, 3.05) is 0 Å². The summed E-state index contributed by atoms with van der Waals surface area (Å²) < 4.78 is 0. The molecule has 0 aliphatic heterocycles. The van der Waals surface area contributed by atoms with E-state index in [1.165, 1.54) is 0 Å². The van der Waals surface area contributed by atoms with Gasteiger partial charge in [-0.05, 0) is 0 Å². The van der Waals surface area contributed by atoms with Crippen molar-refractivity contribution >= 4 is 13.2 Å². The first-order valence-electron chi connectivity index (χ1n) is 4.91. The molecule has 15 heavy (non-hydrogen) atoms. The van der Waals surface area contributed by atoms with Gasteiger partial charge in [0.25, 0.3) is 0 Å². The van der Waals surface area contributed by atoms with Gasteiger partial charge in [0.2, 0.25) is 0 Å². The molecule has 0 saturated carbocycles. The van der Waals surface area contributed by atoms with Crippen molar-refractivity contribution in [2.24, 2.45) is 0 Å². The van der Waals surface area contributed by atoms with E-state index in [4.69, 9.17) is 0 Å². The van der Waals surface area contributed by atoms with E-state index in [9.17, 15) is 14.7 Å². The van der Waals surface area contributed by atoms with E-state index in [1.807, 2.05) is 39.8 Å². The summed E-state index contributed by atoms with van der Waals surface area (Å²) in [6.45, 7) is 7.78. The summed E-state index contributed by atoms with van der Waals surface area (Å²) in [4.78, 5) is 28.2. The zero-order valence-corrected chi connectivity index (χ0v) is 10.6. The Morgan fingerprint density at radius 2 is 1.60 bits per heavy atom. The molecule has 0 unspecified atom stereocenters. The predicted octanol–water partition coefficient (Wildman–Crippen LogP) is 1.39. The molecule has 3 N–H and O–H groups in total. The molecule has 1 aromatic rings. The van der Waals surface area contributed by atoms with E-state index in [1.54, 1.807) is 6.07 Å². The Labute approximate surface area is 91.0 Å². The average molecular weight is 230 g/mol. The minimum atomic E-state index is -4.22. The monoisotopic (exact) mass is 230 g/mol. The van der Waals surface area contributed by atoms with Gasteiger partial charge in [0.1, 0.15) is 0 Å². The van der Waals surface area contributed by atoms with Crippen LogP contribution in [0.2, 0.25) is 0 Å². The summed E-state index contributed by atoms with van der Waals surface area (Å²) in [5.41, 5.74) is 1.48. The second kappa shape index (κ2) is 3.84. The zero-order valence-electron chi connectivity index (χ0n) is 9.57. The summed E-state index contributed by atoms with van der Waals surface area (Å²) in [6.07, 6.45) is 0. The van der Waals surface area contributed by atoms with Gasteiger partial charge in [-0.1, -0.05) is 0 Å². The van der Waals surface area contributed by atoms with Gasteiger partial charge in [0.15, 0.2) is 0 Å². The molecular formula is C11H19O3P. The SMILES string of the molecule is Cc1ccc(C(C)(C)C)c([PH](O)(O)O)c1. The number of rotatable bonds is 1. The second-order valence-electron chi connectivity index (χ2n) is 4.93. The van der Waals surface area contributed by atoms with Crippen LogP contribution in [0.1, 0.15) is 31.9 Å². The Hall–Kier alpha value is -0.470. The van der Waals surface area contributed by atoms with Crippen LogP contribution in [0.15, 0.2) is 18.2 Å². The van der Waals surface area contributed by atoms with Crippen LogP contribution in [0.3, 0.4) is 0 Å². The van der Waals surface area contributed by atoms with Crippen molar-refractivity contribution in [1.82, 2.24) is 0 Å². The third-order valence-electron chi connectivity index (χ3n) is 2.34. The third kappa shape index (κ3) is 2.99. The topological polar surface area (TPSA) is 60.7 Å². The predicted molar refractivity (Wildman–Crippen MR) is 64.5 cm³/mol. The summed E-state index contributed by atoms with van der Waals surface area (Å²) >= 11 is 0. The van der Waals surface area contributed by atoms with Gasteiger partial charge >= 0.3 is 90.4 Å². The second-order valence-corrected chi connectivity index (χ2v) is 6.74. The Balaban J connectivity index is 3.41. The van der Waals surface area contributed by atoms with Crippen LogP contribution in [0.5, 0.6) is 0 Å². The molecule has 0 spiro atoms. The molecule has 86 valence electrons. The van der Waals surface area contributed by atoms with Crippen molar-refractivity contribution in [3.8, 4) is 0 Å². The summed E-state index contributed by atoms with van der Waals surface area (Å²) in [5.74, 6) is 0. The van der Waals surface area contributed by atoms with Gasteiger partial charge in [-0.3, -0.25) is 0 Å². The van der Waals surface area contributed by atoms with E-state index >= 15 is 0 Å². The Bertz CT molecular complexity index is 361. The van der Waals surface area contributed by atoms with Crippen LogP contribution in [-0.2, 0) is 5.41 Å². The number of benzene rings is 1. The van der Waals surface area contributed by atoms with Crippen molar-refractivity contribution in [1.29, 1.82) is 0 Å². The molecule has 0 aromatic heterocycles. The molecule has 0 heterocycles. The Morgan fingerprint density at radius 3 is 2.00 bits per heavy atom. The van der Waals surface area contributed by atoms with E-state index in [0.29, 0.717) is 0 Å². The van der Waals surface area contributed by atoms with Gasteiger partial charge in [-0.25, -0.2) is 0 Å². The average Bonchev–Trinajstić information content (AvgIpc) is 2.00. The zero-order chi connectivity index (χ0) is 11.9. The van der Waals surface area contributed by atoms with Gasteiger partial charge in [0.05, 0.1) is 0 Å². The molecule has 0 aliphatic carbocycles. The van der Waals surface area contributed by atoms with Crippen LogP contribution in [0.25, 0.3) is 0 Å². The molecule has 0 atom stereocenters. The normalized spacial score (nSPS) is 14.1. The van der Waals surface area contributed by atoms with Crippen molar-refractivity contribution in [3.05, 3.63) is 29.3 Å². The van der Waals surface area contributed by atoms with E-state index in [2.05, 4.69) is 0 Å². The molecular weight excluding hydrogens is 211 g/mol. The molecule has 4 heteroatoms. The molecule has 0 radical (unpaired) electrons. The third-order valence-corrected chi connectivity index (χ3v) is 3.48. The molecule has 3 nitrogen and oxygen atoms in total. The van der Waals surface area contributed by atoms with Crippen LogP contribution in [-0.4, -0.2) is 14.7 Å². The molecule has 0 aliphatic rings. The van der Waals surface area contributed by atoms with Gasteiger partial charge < -0.3 is 0 Å². The van der Waals surface area contributed by atoms with Crippen molar-refractivity contribution in [3.63, 3.8) is 0 Å². The molecule has 0 saturated heterocycles. The fraction of sp³-hybridized carbons (Fsp3) is 0.455. The summed E-state index contributed by atoms with van der Waals surface area (Å²) in [5, 5.41) is 0.287. The minimum absolute atomic E-state index is 0.213. The molecule has 1 rings (SSSR count). The van der Waals surface area contributed by atoms with Crippen LogP contribution < -0.4 is 5.30 Å². The van der Waals surface area contributed by atoms with Crippen molar-refractivity contribution < 1.29 is 14.7 Å². The standard InChI is InChI=1S/C11H19O3P/c1-8-5-6-9(11(2,3)4)10(7-8)15(12,13)14/h5-7,12-15H,1-4H3. The molecule has 1 aromatic carbocycles. The van der Waals surface area contributed by atoms with Crippen LogP contribution in [0, 0.1) is 6.92 Å². The van der Waals surface area contributed by atoms with E-state index in [-0.39, 0.29) is 10.7 Å². The van der Waals surface area contributed by atoms with E-state index < -0.39 is 7.94 Å². The van der Waals surface area contributed by atoms with E-state index in [0.717, 1.165) is 11.1 Å². The van der Waals surface area contributed by atoms with Gasteiger partial charge in [-0.2, -0.15) is 0 Å². The first-order valence-corrected chi connectivity index (χ1v) is 6.75. The molecule has 0 bridgehead atoms. The fourth-order valence-electron chi connectivity index (χ4n) is 1.59. The van der Waals surface area contributed by atoms with Crippen LogP contribution >= 0.6 is 7.94 Å².